The molecule has 2 nitrogen and oxygen atoms in total. The molecule has 0 fully saturated rings. The normalized spacial score (nSPS) is 11.9. The van der Waals surface area contributed by atoms with Crippen LogP contribution in [0.3, 0.4) is 0 Å². The Morgan fingerprint density at radius 2 is 1.80 bits per heavy atom. The minimum absolute atomic E-state index is 0. The van der Waals surface area contributed by atoms with E-state index in [1.165, 1.54) is 6.07 Å². The second kappa shape index (κ2) is 8.20. The average molecular weight is 314 g/mol. The molecular formula is C13H19BF3KO2. The second-order valence-electron chi connectivity index (χ2n) is 5.16. The molecule has 0 N–H and O–H groups in total. The summed E-state index contributed by atoms with van der Waals surface area (Å²) in [5.74, 6) is 0.482. The van der Waals surface area contributed by atoms with Gasteiger partial charge in [0.15, 0.2) is 0 Å². The molecule has 1 rings (SSSR count). The van der Waals surface area contributed by atoms with Crippen LogP contribution in [0, 0.1) is 6.92 Å². The van der Waals surface area contributed by atoms with Crippen molar-refractivity contribution in [1.29, 1.82) is 0 Å². The molecule has 108 valence electrons. The molecule has 20 heavy (non-hydrogen) atoms. The van der Waals surface area contributed by atoms with Gasteiger partial charge in [0, 0.05) is 13.5 Å². The van der Waals surface area contributed by atoms with Crippen molar-refractivity contribution in [2.45, 2.75) is 32.8 Å². The molecule has 0 aliphatic carbocycles. The number of ether oxygens (including phenoxy) is 2. The van der Waals surface area contributed by atoms with Gasteiger partial charge in [-0.15, -0.1) is 5.46 Å². The van der Waals surface area contributed by atoms with Gasteiger partial charge in [-0.25, -0.2) is 0 Å². The number of methoxy groups -OCH3 is 1. The topological polar surface area (TPSA) is 18.5 Å². The van der Waals surface area contributed by atoms with Crippen molar-refractivity contribution in [3.63, 3.8) is 0 Å². The standard InChI is InChI=1S/C13H19BF3O2.K/c1-10-9-11(14(15,16)17)5-6-12(10)19-8-7-13(2,3)18-4;/h5-6,9H,7-8H2,1-4H3;/q-1;+1. The molecule has 1 aromatic carbocycles. The van der Waals surface area contributed by atoms with Crippen LogP contribution in [0.5, 0.6) is 5.75 Å². The summed E-state index contributed by atoms with van der Waals surface area (Å²) in [7, 11) is 1.62. The number of hydrogen-bond acceptors (Lipinski definition) is 2. The van der Waals surface area contributed by atoms with E-state index in [-0.39, 0.29) is 57.0 Å². The van der Waals surface area contributed by atoms with E-state index in [1.54, 1.807) is 14.0 Å². The summed E-state index contributed by atoms with van der Waals surface area (Å²) in [4.78, 5) is 0. The molecule has 0 spiro atoms. The van der Waals surface area contributed by atoms with E-state index in [1.807, 2.05) is 13.8 Å². The minimum Gasteiger partial charge on any atom is -0.493 e. The van der Waals surface area contributed by atoms with Crippen molar-refractivity contribution in [2.24, 2.45) is 0 Å². The third kappa shape index (κ3) is 6.49. The van der Waals surface area contributed by atoms with Gasteiger partial charge in [-0.2, -0.15) is 0 Å². The fourth-order valence-corrected chi connectivity index (χ4v) is 1.55. The summed E-state index contributed by atoms with van der Waals surface area (Å²) in [6, 6.07) is 3.56. The Balaban J connectivity index is 0.00000361. The molecular weight excluding hydrogens is 295 g/mol. The fourth-order valence-electron chi connectivity index (χ4n) is 1.55. The summed E-state index contributed by atoms with van der Waals surface area (Å²) in [5, 5.41) is 0. The van der Waals surface area contributed by atoms with E-state index in [0.29, 0.717) is 24.3 Å². The molecule has 0 aromatic heterocycles. The van der Waals surface area contributed by atoms with Crippen LogP contribution in [0.2, 0.25) is 0 Å². The van der Waals surface area contributed by atoms with Crippen molar-refractivity contribution in [3.8, 4) is 5.75 Å². The minimum atomic E-state index is -4.95. The molecule has 0 saturated heterocycles. The van der Waals surface area contributed by atoms with E-state index in [0.717, 1.165) is 12.1 Å². The quantitative estimate of drug-likeness (QED) is 0.701. The Bertz CT molecular complexity index is 436. The Hall–Kier alpha value is 0.471. The largest absolute Gasteiger partial charge is 1.00 e. The van der Waals surface area contributed by atoms with Gasteiger partial charge in [0.05, 0.1) is 12.2 Å². The Morgan fingerprint density at radius 1 is 1.20 bits per heavy atom. The third-order valence-electron chi connectivity index (χ3n) is 3.09. The first-order valence-corrected chi connectivity index (χ1v) is 6.14. The van der Waals surface area contributed by atoms with E-state index >= 15 is 0 Å². The van der Waals surface area contributed by atoms with Gasteiger partial charge in [0.1, 0.15) is 5.75 Å². The zero-order valence-electron chi connectivity index (χ0n) is 12.7. The summed E-state index contributed by atoms with van der Waals surface area (Å²) >= 11 is 0. The Kier molecular flexibility index (Phi) is 8.39. The molecule has 0 unspecified atom stereocenters. The Labute approximate surface area is 160 Å². The maximum atomic E-state index is 12.6. The molecule has 1 aromatic rings. The van der Waals surface area contributed by atoms with Crippen LogP contribution in [0.25, 0.3) is 0 Å². The summed E-state index contributed by atoms with van der Waals surface area (Å²) < 4.78 is 48.4. The number of halogens is 3. The predicted molar refractivity (Wildman–Crippen MR) is 71.1 cm³/mol. The maximum absolute atomic E-state index is 12.6. The fraction of sp³-hybridized carbons (Fsp3) is 0.538. The van der Waals surface area contributed by atoms with Crippen molar-refractivity contribution in [1.82, 2.24) is 0 Å². The molecule has 0 amide bonds. The monoisotopic (exact) mass is 314 g/mol. The molecule has 0 bridgehead atoms. The van der Waals surface area contributed by atoms with Crippen molar-refractivity contribution in [2.75, 3.05) is 13.7 Å². The van der Waals surface area contributed by atoms with Gasteiger partial charge in [-0.1, -0.05) is 12.1 Å². The molecule has 0 saturated carbocycles. The smallest absolute Gasteiger partial charge is 0.493 e. The second-order valence-corrected chi connectivity index (χ2v) is 5.16. The first-order valence-electron chi connectivity index (χ1n) is 6.14. The van der Waals surface area contributed by atoms with Gasteiger partial charge >= 0.3 is 58.4 Å². The van der Waals surface area contributed by atoms with Gasteiger partial charge in [-0.3, -0.25) is 0 Å². The zero-order valence-corrected chi connectivity index (χ0v) is 15.8. The van der Waals surface area contributed by atoms with Crippen LogP contribution < -0.4 is 61.6 Å². The van der Waals surface area contributed by atoms with Crippen LogP contribution in [-0.2, 0) is 4.74 Å². The maximum Gasteiger partial charge on any atom is 1.00 e. The molecule has 0 radical (unpaired) electrons. The molecule has 0 aliphatic rings. The van der Waals surface area contributed by atoms with Gasteiger partial charge < -0.3 is 22.4 Å². The SMILES string of the molecule is COC(C)(C)CCOc1ccc([B-](F)(F)F)cc1C.[K+]. The molecule has 0 atom stereocenters. The summed E-state index contributed by atoms with van der Waals surface area (Å²) in [6.07, 6.45) is 0.661. The molecule has 0 heterocycles. The van der Waals surface area contributed by atoms with Crippen LogP contribution in [0.15, 0.2) is 18.2 Å². The van der Waals surface area contributed by atoms with Crippen LogP contribution >= 0.6 is 0 Å². The van der Waals surface area contributed by atoms with Crippen LogP contribution in [-0.4, -0.2) is 26.3 Å². The van der Waals surface area contributed by atoms with E-state index in [4.69, 9.17) is 9.47 Å². The van der Waals surface area contributed by atoms with E-state index < -0.39 is 12.4 Å². The van der Waals surface area contributed by atoms with Crippen molar-refractivity contribution in [3.05, 3.63) is 23.8 Å². The van der Waals surface area contributed by atoms with Crippen LogP contribution in [0.1, 0.15) is 25.8 Å². The predicted octanol–water partition coefficient (Wildman–Crippen LogP) is 0.247. The number of hydrogen-bond donors (Lipinski definition) is 0. The van der Waals surface area contributed by atoms with E-state index in [9.17, 15) is 12.9 Å². The number of benzene rings is 1. The first kappa shape index (κ1) is 20.5. The van der Waals surface area contributed by atoms with Crippen molar-refractivity contribution >= 4 is 12.4 Å². The number of rotatable bonds is 6. The summed E-state index contributed by atoms with van der Waals surface area (Å²) in [5.41, 5.74) is -0.405. The Morgan fingerprint density at radius 3 is 2.25 bits per heavy atom. The first-order chi connectivity index (χ1) is 8.65. The van der Waals surface area contributed by atoms with Crippen LogP contribution in [0.4, 0.5) is 12.9 Å². The average Bonchev–Trinajstić information content (AvgIpc) is 2.30. The summed E-state index contributed by atoms with van der Waals surface area (Å²) in [6.45, 7) is 0.919. The zero-order chi connectivity index (χ0) is 14.7. The molecule has 0 aliphatic heterocycles. The third-order valence-corrected chi connectivity index (χ3v) is 3.09. The van der Waals surface area contributed by atoms with Crippen molar-refractivity contribution < 1.29 is 73.8 Å². The number of aryl methyl sites for hydroxylation is 1. The van der Waals surface area contributed by atoms with Gasteiger partial charge in [0.2, 0.25) is 0 Å². The van der Waals surface area contributed by atoms with E-state index in [2.05, 4.69) is 0 Å². The van der Waals surface area contributed by atoms with Gasteiger partial charge in [0.25, 0.3) is 0 Å². The van der Waals surface area contributed by atoms with Gasteiger partial charge in [-0.05, 0) is 32.4 Å². The molecule has 7 heteroatoms.